The molecule has 7 nitrogen and oxygen atoms in total. The van der Waals surface area contributed by atoms with Crippen LogP contribution in [0, 0.1) is 11.7 Å². The Hall–Kier alpha value is -2.35. The summed E-state index contributed by atoms with van der Waals surface area (Å²) in [6.07, 6.45) is 7.68. The molecule has 1 aromatic carbocycles. The third-order valence-electron chi connectivity index (χ3n) is 7.85. The van der Waals surface area contributed by atoms with Gasteiger partial charge >= 0.3 is 6.09 Å². The van der Waals surface area contributed by atoms with Gasteiger partial charge in [0.2, 0.25) is 5.91 Å². The fourth-order valence-corrected chi connectivity index (χ4v) is 6.18. The molecule has 4 aliphatic rings. The Morgan fingerprint density at radius 2 is 1.76 bits per heavy atom. The molecule has 2 amide bonds. The Kier molecular flexibility index (Phi) is 6.45. The molecule has 33 heavy (non-hydrogen) atoms. The lowest BCUT2D eigenvalue weighted by Crippen LogP contribution is -2.50. The number of hydrogen-bond acceptors (Lipinski definition) is 5. The van der Waals surface area contributed by atoms with Crippen LogP contribution < -0.4 is 10.2 Å². The zero-order chi connectivity index (χ0) is 22.9. The highest BCUT2D eigenvalue weighted by atomic mass is 19.1. The van der Waals surface area contributed by atoms with Crippen molar-refractivity contribution in [1.82, 2.24) is 4.90 Å². The number of aliphatic hydroxyl groups excluding tert-OH is 1. The highest BCUT2D eigenvalue weighted by molar-refractivity contribution is 5.92. The second-order valence-corrected chi connectivity index (χ2v) is 10.1. The van der Waals surface area contributed by atoms with Crippen LogP contribution in [-0.4, -0.2) is 59.4 Å². The topological polar surface area (TPSA) is 82.1 Å². The van der Waals surface area contributed by atoms with Crippen molar-refractivity contribution < 1.29 is 23.8 Å². The molecule has 3 saturated heterocycles. The Labute approximate surface area is 194 Å². The van der Waals surface area contributed by atoms with Gasteiger partial charge < -0.3 is 25.0 Å². The zero-order valence-electron chi connectivity index (χ0n) is 19.0. The van der Waals surface area contributed by atoms with Crippen molar-refractivity contribution in [2.24, 2.45) is 5.92 Å². The van der Waals surface area contributed by atoms with Crippen molar-refractivity contribution in [2.75, 3.05) is 23.3 Å². The molecule has 180 valence electrons. The summed E-state index contributed by atoms with van der Waals surface area (Å²) in [6.45, 7) is 1.14. The quantitative estimate of drug-likeness (QED) is 0.710. The van der Waals surface area contributed by atoms with E-state index >= 15 is 0 Å². The predicted octanol–water partition coefficient (Wildman–Crippen LogP) is 4.05. The number of aliphatic hydroxyl groups is 1. The van der Waals surface area contributed by atoms with Crippen LogP contribution in [0.4, 0.5) is 20.6 Å². The van der Waals surface area contributed by atoms with Gasteiger partial charge in [-0.15, -0.1) is 0 Å². The monoisotopic (exact) mass is 459 g/mol. The first kappa shape index (κ1) is 22.4. The average molecular weight is 460 g/mol. The lowest BCUT2D eigenvalue weighted by Gasteiger charge is -2.39. The summed E-state index contributed by atoms with van der Waals surface area (Å²) in [5.41, 5.74) is 0.951. The van der Waals surface area contributed by atoms with Gasteiger partial charge in [-0.25, -0.2) is 9.18 Å². The summed E-state index contributed by atoms with van der Waals surface area (Å²) in [7, 11) is 0. The van der Waals surface area contributed by atoms with E-state index in [4.69, 9.17) is 4.74 Å². The summed E-state index contributed by atoms with van der Waals surface area (Å²) in [6, 6.07) is 4.97. The van der Waals surface area contributed by atoms with E-state index < -0.39 is 0 Å². The zero-order valence-corrected chi connectivity index (χ0v) is 19.0. The molecule has 3 aliphatic heterocycles. The van der Waals surface area contributed by atoms with Crippen molar-refractivity contribution >= 4 is 23.4 Å². The summed E-state index contributed by atoms with van der Waals surface area (Å²) >= 11 is 0. The van der Waals surface area contributed by atoms with Gasteiger partial charge in [-0.3, -0.25) is 4.79 Å². The predicted molar refractivity (Wildman–Crippen MR) is 123 cm³/mol. The van der Waals surface area contributed by atoms with Crippen LogP contribution in [0.15, 0.2) is 18.2 Å². The van der Waals surface area contributed by atoms with Crippen LogP contribution in [0.1, 0.15) is 64.2 Å². The largest absolute Gasteiger partial charge is 0.444 e. The molecule has 3 heterocycles. The molecule has 2 N–H and O–H groups in total. The molecule has 0 spiro atoms. The number of amides is 2. The number of carbonyl (C=O) groups excluding carboxylic acids is 2. The van der Waals surface area contributed by atoms with Gasteiger partial charge in [0.25, 0.3) is 0 Å². The number of halogens is 1. The lowest BCUT2D eigenvalue weighted by atomic mass is 10.0. The number of piperidine rings is 2. The van der Waals surface area contributed by atoms with Gasteiger partial charge in [0.05, 0.1) is 18.3 Å². The van der Waals surface area contributed by atoms with E-state index in [9.17, 15) is 19.1 Å². The normalized spacial score (nSPS) is 29.9. The van der Waals surface area contributed by atoms with Crippen LogP contribution in [0.5, 0.6) is 0 Å². The Bertz CT molecular complexity index is 876. The fourth-order valence-electron chi connectivity index (χ4n) is 6.18. The number of nitrogens with one attached hydrogen (secondary N) is 1. The smallest absolute Gasteiger partial charge is 0.410 e. The first-order valence-electron chi connectivity index (χ1n) is 12.5. The highest BCUT2D eigenvalue weighted by Crippen LogP contribution is 2.37. The molecule has 2 bridgehead atoms. The van der Waals surface area contributed by atoms with Crippen LogP contribution in [-0.2, 0) is 9.53 Å². The van der Waals surface area contributed by atoms with Gasteiger partial charge in [0.1, 0.15) is 11.9 Å². The molecule has 3 atom stereocenters. The van der Waals surface area contributed by atoms with Crippen molar-refractivity contribution in [3.8, 4) is 0 Å². The van der Waals surface area contributed by atoms with Crippen molar-refractivity contribution in [1.29, 1.82) is 0 Å². The second-order valence-electron chi connectivity index (χ2n) is 10.1. The van der Waals surface area contributed by atoms with Crippen LogP contribution in [0.25, 0.3) is 0 Å². The standard InChI is InChI=1S/C25H34FN3O4/c26-22-12-17(27-24(31)16-4-1-2-5-16)7-10-23(22)28-11-3-6-21(15-28)33-25(32)29-18-8-9-19(29)14-20(30)13-18/h7,10,12,16,18-21,30H,1-6,8-9,11,13-15H2,(H,27,31). The van der Waals surface area contributed by atoms with Crippen LogP contribution in [0.2, 0.25) is 0 Å². The second kappa shape index (κ2) is 9.49. The van der Waals surface area contributed by atoms with E-state index in [1.165, 1.54) is 6.07 Å². The van der Waals surface area contributed by atoms with Gasteiger partial charge in [0, 0.05) is 30.2 Å². The summed E-state index contributed by atoms with van der Waals surface area (Å²) < 4.78 is 20.8. The fraction of sp³-hybridized carbons (Fsp3) is 0.680. The average Bonchev–Trinajstić information content (AvgIpc) is 3.41. The number of fused-ring (bicyclic) bond motifs is 2. The van der Waals surface area contributed by atoms with E-state index in [1.807, 2.05) is 9.80 Å². The number of carbonyl (C=O) groups is 2. The van der Waals surface area contributed by atoms with E-state index in [1.54, 1.807) is 12.1 Å². The number of anilines is 2. The third-order valence-corrected chi connectivity index (χ3v) is 7.85. The lowest BCUT2D eigenvalue weighted by molar-refractivity contribution is -0.119. The molecule has 4 fully saturated rings. The maximum absolute atomic E-state index is 15.0. The maximum atomic E-state index is 15.0. The molecule has 0 radical (unpaired) electrons. The molecule has 0 aromatic heterocycles. The first-order valence-corrected chi connectivity index (χ1v) is 12.5. The number of nitrogens with zero attached hydrogens (tertiary/aromatic N) is 2. The maximum Gasteiger partial charge on any atom is 0.410 e. The highest BCUT2D eigenvalue weighted by Gasteiger charge is 2.44. The van der Waals surface area contributed by atoms with Gasteiger partial charge in [-0.2, -0.15) is 0 Å². The summed E-state index contributed by atoms with van der Waals surface area (Å²) in [5, 5.41) is 12.8. The molecule has 8 heteroatoms. The number of benzene rings is 1. The number of ether oxygens (including phenoxy) is 1. The van der Waals surface area contributed by atoms with Crippen molar-refractivity contribution in [2.45, 2.75) is 88.5 Å². The minimum atomic E-state index is -0.380. The summed E-state index contributed by atoms with van der Waals surface area (Å²) in [5.74, 6) is -0.373. The number of hydrogen-bond donors (Lipinski definition) is 2. The summed E-state index contributed by atoms with van der Waals surface area (Å²) in [4.78, 5) is 29.0. The first-order chi connectivity index (χ1) is 16.0. The van der Waals surface area contributed by atoms with Crippen molar-refractivity contribution in [3.63, 3.8) is 0 Å². The molecular formula is C25H34FN3O4. The SMILES string of the molecule is O=C(Nc1ccc(N2CCCC(OC(=O)N3C4CCC3CC(O)C4)C2)c(F)c1)C1CCCC1. The minimum Gasteiger partial charge on any atom is -0.444 e. The van der Waals surface area contributed by atoms with Crippen molar-refractivity contribution in [3.05, 3.63) is 24.0 Å². The van der Waals surface area contributed by atoms with Gasteiger partial charge in [-0.05, 0) is 69.6 Å². The van der Waals surface area contributed by atoms with E-state index in [0.29, 0.717) is 37.3 Å². The Morgan fingerprint density at radius 3 is 2.45 bits per heavy atom. The Morgan fingerprint density at radius 1 is 1.03 bits per heavy atom. The van der Waals surface area contributed by atoms with Crippen LogP contribution >= 0.6 is 0 Å². The molecule has 1 aliphatic carbocycles. The number of rotatable bonds is 4. The van der Waals surface area contributed by atoms with E-state index in [-0.39, 0.29) is 48.0 Å². The molecular weight excluding hydrogens is 425 g/mol. The van der Waals surface area contributed by atoms with E-state index in [2.05, 4.69) is 5.32 Å². The minimum absolute atomic E-state index is 0.0243. The van der Waals surface area contributed by atoms with E-state index in [0.717, 1.165) is 51.4 Å². The molecule has 1 saturated carbocycles. The molecule has 5 rings (SSSR count). The van der Waals surface area contributed by atoms with Crippen LogP contribution in [0.3, 0.4) is 0 Å². The molecule has 3 unspecified atom stereocenters. The van der Waals surface area contributed by atoms with Gasteiger partial charge in [-0.1, -0.05) is 12.8 Å². The molecule has 1 aromatic rings. The van der Waals surface area contributed by atoms with Gasteiger partial charge in [0.15, 0.2) is 0 Å². The third kappa shape index (κ3) is 4.81. The Balaban J connectivity index is 1.19.